The molecule has 0 bridgehead atoms. The summed E-state index contributed by atoms with van der Waals surface area (Å²) in [5.41, 5.74) is 0.680. The lowest BCUT2D eigenvalue weighted by Gasteiger charge is -2.13. The molecule has 0 saturated carbocycles. The molecule has 0 saturated heterocycles. The minimum absolute atomic E-state index is 0.102. The molecule has 1 aromatic rings. The highest BCUT2D eigenvalue weighted by Gasteiger charge is 2.07. The van der Waals surface area contributed by atoms with Crippen molar-refractivity contribution >= 4 is 15.9 Å². The Labute approximate surface area is 103 Å². The van der Waals surface area contributed by atoms with Crippen LogP contribution in [-0.4, -0.2) is 36.6 Å². The van der Waals surface area contributed by atoms with Crippen LogP contribution in [0.3, 0.4) is 0 Å². The number of aliphatic hydroxyl groups excluding tert-OH is 2. The minimum atomic E-state index is -0.666. The van der Waals surface area contributed by atoms with Crippen molar-refractivity contribution in [1.29, 1.82) is 0 Å². The van der Waals surface area contributed by atoms with Crippen LogP contribution in [0.4, 0.5) is 0 Å². The Bertz CT molecular complexity index is 330. The van der Waals surface area contributed by atoms with E-state index >= 15 is 0 Å². The van der Waals surface area contributed by atoms with Crippen LogP contribution in [0, 0.1) is 0 Å². The summed E-state index contributed by atoms with van der Waals surface area (Å²) in [5, 5.41) is 18.5. The Morgan fingerprint density at radius 2 is 2.12 bits per heavy atom. The Kier molecular flexibility index (Phi) is 5.76. The molecule has 0 aliphatic rings. The Morgan fingerprint density at radius 1 is 1.38 bits per heavy atom. The van der Waals surface area contributed by atoms with Crippen molar-refractivity contribution < 1.29 is 19.7 Å². The summed E-state index contributed by atoms with van der Waals surface area (Å²) in [4.78, 5) is 0. The molecule has 4 nitrogen and oxygen atoms in total. The van der Waals surface area contributed by atoms with Gasteiger partial charge in [-0.05, 0) is 18.2 Å². The van der Waals surface area contributed by atoms with Crippen molar-refractivity contribution in [2.45, 2.75) is 12.7 Å². The lowest BCUT2D eigenvalue weighted by atomic mass is 10.2. The Hall–Kier alpha value is -0.620. The highest BCUT2D eigenvalue weighted by molar-refractivity contribution is 9.10. The van der Waals surface area contributed by atoms with Gasteiger partial charge in [-0.3, -0.25) is 0 Å². The van der Waals surface area contributed by atoms with Crippen molar-refractivity contribution in [2.75, 3.05) is 20.3 Å². The van der Waals surface area contributed by atoms with E-state index in [9.17, 15) is 5.11 Å². The van der Waals surface area contributed by atoms with E-state index in [4.69, 9.17) is 14.6 Å². The fourth-order valence-corrected chi connectivity index (χ4v) is 1.65. The lowest BCUT2D eigenvalue weighted by molar-refractivity contribution is 0.0320. The molecule has 90 valence electrons. The first-order valence-corrected chi connectivity index (χ1v) is 5.65. The average Bonchev–Trinajstić information content (AvgIpc) is 2.27. The van der Waals surface area contributed by atoms with Crippen molar-refractivity contribution in [3.05, 3.63) is 28.2 Å². The van der Waals surface area contributed by atoms with Crippen LogP contribution in [-0.2, 0) is 11.3 Å². The molecule has 1 aromatic carbocycles. The first-order valence-electron chi connectivity index (χ1n) is 4.86. The smallest absolute Gasteiger partial charge is 0.125 e. The van der Waals surface area contributed by atoms with Gasteiger partial charge in [-0.15, -0.1) is 0 Å². The molecule has 16 heavy (non-hydrogen) atoms. The number of hydrogen-bond acceptors (Lipinski definition) is 4. The van der Waals surface area contributed by atoms with Gasteiger partial charge in [-0.25, -0.2) is 0 Å². The SMILES string of the molecule is COCC(O)COc1ccc(Br)cc1CO. The second-order valence-electron chi connectivity index (χ2n) is 3.33. The van der Waals surface area contributed by atoms with Gasteiger partial charge in [0.1, 0.15) is 18.5 Å². The topological polar surface area (TPSA) is 58.9 Å². The quantitative estimate of drug-likeness (QED) is 0.830. The zero-order valence-corrected chi connectivity index (χ0v) is 10.6. The summed E-state index contributed by atoms with van der Waals surface area (Å²) in [7, 11) is 1.52. The molecular weight excluding hydrogens is 276 g/mol. The summed E-state index contributed by atoms with van der Waals surface area (Å²) >= 11 is 3.31. The predicted octanol–water partition coefficient (Wildman–Crippen LogP) is 1.33. The molecule has 0 aliphatic carbocycles. The van der Waals surface area contributed by atoms with Crippen LogP contribution in [0.5, 0.6) is 5.75 Å². The minimum Gasteiger partial charge on any atom is -0.490 e. The van der Waals surface area contributed by atoms with E-state index in [0.29, 0.717) is 11.3 Å². The monoisotopic (exact) mass is 290 g/mol. The van der Waals surface area contributed by atoms with Crippen LogP contribution in [0.15, 0.2) is 22.7 Å². The highest BCUT2D eigenvalue weighted by Crippen LogP contribution is 2.23. The number of ether oxygens (including phenoxy) is 2. The number of aliphatic hydroxyl groups is 2. The molecule has 0 aromatic heterocycles. The van der Waals surface area contributed by atoms with Gasteiger partial charge in [0.15, 0.2) is 0 Å². The fourth-order valence-electron chi connectivity index (χ4n) is 1.24. The second-order valence-corrected chi connectivity index (χ2v) is 4.25. The summed E-state index contributed by atoms with van der Waals surface area (Å²) in [6, 6.07) is 5.34. The average molecular weight is 291 g/mol. The van der Waals surface area contributed by atoms with Crippen molar-refractivity contribution in [1.82, 2.24) is 0 Å². The lowest BCUT2D eigenvalue weighted by Crippen LogP contribution is -2.22. The standard InChI is InChI=1S/C11H15BrO4/c1-15-6-10(14)7-16-11-3-2-9(12)4-8(11)5-13/h2-4,10,13-14H,5-7H2,1H3. The maximum absolute atomic E-state index is 9.41. The number of benzene rings is 1. The second kappa shape index (κ2) is 6.85. The van der Waals surface area contributed by atoms with Crippen molar-refractivity contribution in [3.63, 3.8) is 0 Å². The van der Waals surface area contributed by atoms with E-state index in [1.807, 2.05) is 6.07 Å². The van der Waals surface area contributed by atoms with Gasteiger partial charge in [0.2, 0.25) is 0 Å². The molecule has 1 rings (SSSR count). The van der Waals surface area contributed by atoms with E-state index in [1.165, 1.54) is 7.11 Å². The summed E-state index contributed by atoms with van der Waals surface area (Å²) < 4.78 is 11.0. The fraction of sp³-hybridized carbons (Fsp3) is 0.455. The van der Waals surface area contributed by atoms with Gasteiger partial charge in [-0.2, -0.15) is 0 Å². The number of methoxy groups -OCH3 is 1. The first-order chi connectivity index (χ1) is 7.67. The van der Waals surface area contributed by atoms with E-state index in [-0.39, 0.29) is 19.8 Å². The molecule has 2 N–H and O–H groups in total. The van der Waals surface area contributed by atoms with Crippen LogP contribution >= 0.6 is 15.9 Å². The van der Waals surface area contributed by atoms with Crippen molar-refractivity contribution in [3.8, 4) is 5.75 Å². The van der Waals surface area contributed by atoms with Gasteiger partial charge in [0, 0.05) is 17.1 Å². The number of hydrogen-bond donors (Lipinski definition) is 2. The first kappa shape index (κ1) is 13.4. The van der Waals surface area contributed by atoms with Gasteiger partial charge in [0.05, 0.1) is 13.2 Å². The van der Waals surface area contributed by atoms with E-state index in [0.717, 1.165) is 4.47 Å². The summed E-state index contributed by atoms with van der Waals surface area (Å²) in [6.45, 7) is 0.266. The molecular formula is C11H15BrO4. The summed E-state index contributed by atoms with van der Waals surface area (Å²) in [6.07, 6.45) is -0.666. The molecule has 0 radical (unpaired) electrons. The van der Waals surface area contributed by atoms with Crippen LogP contribution in [0.1, 0.15) is 5.56 Å². The van der Waals surface area contributed by atoms with E-state index < -0.39 is 6.10 Å². The maximum atomic E-state index is 9.41. The third-order valence-electron chi connectivity index (χ3n) is 1.98. The highest BCUT2D eigenvalue weighted by atomic mass is 79.9. The number of rotatable bonds is 6. The van der Waals surface area contributed by atoms with Crippen molar-refractivity contribution in [2.24, 2.45) is 0 Å². The Balaban J connectivity index is 2.59. The molecule has 0 aliphatic heterocycles. The van der Waals surface area contributed by atoms with Gasteiger partial charge < -0.3 is 19.7 Å². The van der Waals surface area contributed by atoms with Gasteiger partial charge in [0.25, 0.3) is 0 Å². The molecule has 0 heterocycles. The third-order valence-corrected chi connectivity index (χ3v) is 2.48. The predicted molar refractivity (Wildman–Crippen MR) is 63.4 cm³/mol. The maximum Gasteiger partial charge on any atom is 0.125 e. The van der Waals surface area contributed by atoms with Gasteiger partial charge >= 0.3 is 0 Å². The molecule has 0 amide bonds. The zero-order chi connectivity index (χ0) is 12.0. The summed E-state index contributed by atoms with van der Waals surface area (Å²) in [5.74, 6) is 0.570. The van der Waals surface area contributed by atoms with E-state index in [1.54, 1.807) is 12.1 Å². The molecule has 0 fully saturated rings. The van der Waals surface area contributed by atoms with E-state index in [2.05, 4.69) is 15.9 Å². The van der Waals surface area contributed by atoms with Crippen LogP contribution in [0.2, 0.25) is 0 Å². The Morgan fingerprint density at radius 3 is 2.75 bits per heavy atom. The number of halogens is 1. The van der Waals surface area contributed by atoms with Gasteiger partial charge in [-0.1, -0.05) is 15.9 Å². The third kappa shape index (κ3) is 4.09. The molecule has 1 atom stereocenters. The molecule has 5 heteroatoms. The molecule has 1 unspecified atom stereocenters. The largest absolute Gasteiger partial charge is 0.490 e. The zero-order valence-electron chi connectivity index (χ0n) is 9.02. The molecule has 0 spiro atoms. The van der Waals surface area contributed by atoms with Crippen LogP contribution < -0.4 is 4.74 Å². The normalized spacial score (nSPS) is 12.5. The van der Waals surface area contributed by atoms with Crippen LogP contribution in [0.25, 0.3) is 0 Å².